The van der Waals surface area contributed by atoms with Crippen LogP contribution in [0.4, 0.5) is 0 Å². The molecule has 0 saturated carbocycles. The van der Waals surface area contributed by atoms with Gasteiger partial charge in [0.15, 0.2) is 0 Å². The van der Waals surface area contributed by atoms with Crippen molar-refractivity contribution in [2.75, 3.05) is 6.61 Å². The molecular formula is C11H20O. The van der Waals surface area contributed by atoms with Crippen molar-refractivity contribution < 1.29 is 4.74 Å². The summed E-state index contributed by atoms with van der Waals surface area (Å²) < 4.78 is 5.02. The normalized spacial score (nSPS) is 11.3. The SMILES string of the molecule is C=COCCCCCC(C)=CC. The van der Waals surface area contributed by atoms with Gasteiger partial charge in [-0.2, -0.15) is 0 Å². The number of unbranched alkanes of at least 4 members (excludes halogenated alkanes) is 2. The second-order valence-corrected chi connectivity index (χ2v) is 2.98. The zero-order valence-corrected chi connectivity index (χ0v) is 8.31. The van der Waals surface area contributed by atoms with E-state index in [4.69, 9.17) is 4.74 Å². The van der Waals surface area contributed by atoms with E-state index in [1.54, 1.807) is 0 Å². The molecule has 1 nitrogen and oxygen atoms in total. The summed E-state index contributed by atoms with van der Waals surface area (Å²) in [6.45, 7) is 8.58. The lowest BCUT2D eigenvalue weighted by Crippen LogP contribution is -1.87. The number of allylic oxidation sites excluding steroid dienone is 2. The van der Waals surface area contributed by atoms with Crippen LogP contribution in [0.25, 0.3) is 0 Å². The van der Waals surface area contributed by atoms with Crippen LogP contribution < -0.4 is 0 Å². The summed E-state index contributed by atoms with van der Waals surface area (Å²) in [5, 5.41) is 0. The molecule has 0 aliphatic carbocycles. The Labute approximate surface area is 76.1 Å². The molecule has 12 heavy (non-hydrogen) atoms. The van der Waals surface area contributed by atoms with Gasteiger partial charge < -0.3 is 4.74 Å². The highest BCUT2D eigenvalue weighted by Gasteiger charge is 1.90. The fourth-order valence-corrected chi connectivity index (χ4v) is 0.994. The lowest BCUT2D eigenvalue weighted by atomic mass is 10.1. The van der Waals surface area contributed by atoms with E-state index in [2.05, 4.69) is 26.5 Å². The summed E-state index contributed by atoms with van der Waals surface area (Å²) in [4.78, 5) is 0. The summed E-state index contributed by atoms with van der Waals surface area (Å²) in [5.41, 5.74) is 1.49. The predicted octanol–water partition coefficient (Wildman–Crippen LogP) is 3.67. The number of ether oxygens (including phenoxy) is 1. The van der Waals surface area contributed by atoms with Gasteiger partial charge in [-0.05, 0) is 39.5 Å². The summed E-state index contributed by atoms with van der Waals surface area (Å²) in [7, 11) is 0. The smallest absolute Gasteiger partial charge is 0.0873 e. The third kappa shape index (κ3) is 7.39. The summed E-state index contributed by atoms with van der Waals surface area (Å²) in [5.74, 6) is 0. The maximum atomic E-state index is 5.02. The van der Waals surface area contributed by atoms with Gasteiger partial charge >= 0.3 is 0 Å². The molecule has 0 unspecified atom stereocenters. The first kappa shape index (κ1) is 11.3. The molecule has 0 fully saturated rings. The molecule has 0 heterocycles. The number of rotatable bonds is 7. The summed E-state index contributed by atoms with van der Waals surface area (Å²) in [6.07, 6.45) is 8.58. The Hall–Kier alpha value is -0.720. The average Bonchev–Trinajstić information content (AvgIpc) is 2.10. The van der Waals surface area contributed by atoms with Crippen LogP contribution in [0.2, 0.25) is 0 Å². The zero-order valence-electron chi connectivity index (χ0n) is 8.31. The van der Waals surface area contributed by atoms with Crippen molar-refractivity contribution in [3.8, 4) is 0 Å². The predicted molar refractivity (Wildman–Crippen MR) is 54.0 cm³/mol. The van der Waals surface area contributed by atoms with Gasteiger partial charge in [0.2, 0.25) is 0 Å². The topological polar surface area (TPSA) is 9.23 Å². The minimum atomic E-state index is 0.818. The van der Waals surface area contributed by atoms with Crippen molar-refractivity contribution >= 4 is 0 Å². The molecule has 0 aromatic carbocycles. The molecule has 0 radical (unpaired) electrons. The summed E-state index contributed by atoms with van der Waals surface area (Å²) >= 11 is 0. The Morgan fingerprint density at radius 3 is 2.67 bits per heavy atom. The molecule has 0 aliphatic heterocycles. The second-order valence-electron chi connectivity index (χ2n) is 2.98. The standard InChI is InChI=1S/C11H20O/c1-4-11(3)9-7-6-8-10-12-5-2/h4-5H,2,6-10H2,1,3H3. The highest BCUT2D eigenvalue weighted by molar-refractivity contribution is 4.94. The van der Waals surface area contributed by atoms with E-state index < -0.39 is 0 Å². The van der Waals surface area contributed by atoms with Gasteiger partial charge in [-0.3, -0.25) is 0 Å². The van der Waals surface area contributed by atoms with Crippen LogP contribution in [0.15, 0.2) is 24.5 Å². The van der Waals surface area contributed by atoms with Crippen molar-refractivity contribution in [1.29, 1.82) is 0 Å². The summed E-state index contributed by atoms with van der Waals surface area (Å²) in [6, 6.07) is 0. The van der Waals surface area contributed by atoms with E-state index in [0.29, 0.717) is 0 Å². The van der Waals surface area contributed by atoms with Crippen LogP contribution in [0.3, 0.4) is 0 Å². The van der Waals surface area contributed by atoms with Crippen molar-refractivity contribution in [1.82, 2.24) is 0 Å². The van der Waals surface area contributed by atoms with Gasteiger partial charge in [-0.15, -0.1) is 0 Å². The Bertz CT molecular complexity index is 136. The minimum absolute atomic E-state index is 0.818. The van der Waals surface area contributed by atoms with Crippen LogP contribution in [0, 0.1) is 0 Å². The quantitative estimate of drug-likeness (QED) is 0.320. The van der Waals surface area contributed by atoms with E-state index in [0.717, 1.165) is 13.0 Å². The highest BCUT2D eigenvalue weighted by atomic mass is 16.5. The Morgan fingerprint density at radius 1 is 1.33 bits per heavy atom. The first-order chi connectivity index (χ1) is 5.81. The third-order valence-corrected chi connectivity index (χ3v) is 1.94. The van der Waals surface area contributed by atoms with Crippen LogP contribution >= 0.6 is 0 Å². The zero-order chi connectivity index (χ0) is 9.23. The monoisotopic (exact) mass is 168 g/mol. The average molecular weight is 168 g/mol. The molecule has 0 aromatic rings. The molecular weight excluding hydrogens is 148 g/mol. The molecule has 1 heteroatoms. The largest absolute Gasteiger partial charge is 0.502 e. The molecule has 0 rings (SSSR count). The van der Waals surface area contributed by atoms with Gasteiger partial charge in [0, 0.05) is 0 Å². The fraction of sp³-hybridized carbons (Fsp3) is 0.636. The molecule has 0 amide bonds. The second kappa shape index (κ2) is 8.38. The van der Waals surface area contributed by atoms with E-state index in [-0.39, 0.29) is 0 Å². The molecule has 0 saturated heterocycles. The van der Waals surface area contributed by atoms with E-state index in [1.807, 2.05) is 0 Å². The minimum Gasteiger partial charge on any atom is -0.502 e. The van der Waals surface area contributed by atoms with Crippen LogP contribution in [-0.2, 0) is 4.74 Å². The Morgan fingerprint density at radius 2 is 2.08 bits per heavy atom. The van der Waals surface area contributed by atoms with Crippen LogP contribution in [0.5, 0.6) is 0 Å². The Balaban J connectivity index is 3.05. The number of hydrogen-bond acceptors (Lipinski definition) is 1. The molecule has 0 spiro atoms. The van der Waals surface area contributed by atoms with Crippen molar-refractivity contribution in [3.63, 3.8) is 0 Å². The molecule has 0 atom stereocenters. The van der Waals surface area contributed by atoms with Crippen molar-refractivity contribution in [3.05, 3.63) is 24.5 Å². The lowest BCUT2D eigenvalue weighted by Gasteiger charge is -2.01. The van der Waals surface area contributed by atoms with E-state index in [9.17, 15) is 0 Å². The van der Waals surface area contributed by atoms with Gasteiger partial charge in [0.05, 0.1) is 12.9 Å². The molecule has 0 bridgehead atoms. The molecule has 0 aliphatic rings. The van der Waals surface area contributed by atoms with Crippen LogP contribution in [-0.4, -0.2) is 6.61 Å². The Kier molecular flexibility index (Phi) is 7.87. The third-order valence-electron chi connectivity index (χ3n) is 1.94. The van der Waals surface area contributed by atoms with Crippen molar-refractivity contribution in [2.45, 2.75) is 39.5 Å². The molecule has 0 N–H and O–H groups in total. The fourth-order valence-electron chi connectivity index (χ4n) is 0.994. The number of hydrogen-bond donors (Lipinski definition) is 0. The first-order valence-electron chi connectivity index (χ1n) is 4.65. The van der Waals surface area contributed by atoms with Gasteiger partial charge in [-0.25, -0.2) is 0 Å². The first-order valence-corrected chi connectivity index (χ1v) is 4.65. The molecule has 0 aromatic heterocycles. The maximum Gasteiger partial charge on any atom is 0.0873 e. The van der Waals surface area contributed by atoms with Gasteiger partial charge in [0.25, 0.3) is 0 Å². The lowest BCUT2D eigenvalue weighted by molar-refractivity contribution is 0.242. The maximum absolute atomic E-state index is 5.02. The van der Waals surface area contributed by atoms with E-state index >= 15 is 0 Å². The van der Waals surface area contributed by atoms with Gasteiger partial charge in [-0.1, -0.05) is 18.2 Å². The van der Waals surface area contributed by atoms with Crippen molar-refractivity contribution in [2.24, 2.45) is 0 Å². The van der Waals surface area contributed by atoms with E-state index in [1.165, 1.54) is 31.1 Å². The van der Waals surface area contributed by atoms with Crippen LogP contribution in [0.1, 0.15) is 39.5 Å². The molecule has 70 valence electrons. The highest BCUT2D eigenvalue weighted by Crippen LogP contribution is 2.07. The van der Waals surface area contributed by atoms with Gasteiger partial charge in [0.1, 0.15) is 0 Å².